The van der Waals surface area contributed by atoms with Gasteiger partial charge in [0.05, 0.1) is 0 Å². The molecule has 0 aromatic rings. The fourth-order valence-corrected chi connectivity index (χ4v) is 1.51. The van der Waals surface area contributed by atoms with Gasteiger partial charge in [-0.1, -0.05) is 27.7 Å². The lowest BCUT2D eigenvalue weighted by atomic mass is 9.89. The van der Waals surface area contributed by atoms with Crippen LogP contribution in [0.15, 0.2) is 0 Å². The molecule has 84 valence electrons. The lowest BCUT2D eigenvalue weighted by molar-refractivity contribution is -0.126. The maximum Gasteiger partial charge on any atom is 0.224 e. The Morgan fingerprint density at radius 1 is 1.29 bits per heavy atom. The third-order valence-corrected chi connectivity index (χ3v) is 3.22. The molecule has 3 N–H and O–H groups in total. The summed E-state index contributed by atoms with van der Waals surface area (Å²) >= 11 is 0. The molecule has 3 nitrogen and oxygen atoms in total. The molecule has 3 heteroatoms. The highest BCUT2D eigenvalue weighted by Gasteiger charge is 2.27. The van der Waals surface area contributed by atoms with Crippen LogP contribution in [0.25, 0.3) is 0 Å². The maximum atomic E-state index is 11.7. The van der Waals surface area contributed by atoms with Gasteiger partial charge in [0.1, 0.15) is 0 Å². The van der Waals surface area contributed by atoms with Gasteiger partial charge < -0.3 is 11.1 Å². The normalized spacial score (nSPS) is 13.8. The van der Waals surface area contributed by atoms with Crippen LogP contribution in [0.1, 0.15) is 47.0 Å². The standard InChI is InChI=1S/C11H24N2O/c1-5-11(6-2,7-3)13-10(14)9(4)8-12/h9H,5-8,12H2,1-4H3,(H,13,14). The highest BCUT2D eigenvalue weighted by molar-refractivity contribution is 5.79. The summed E-state index contributed by atoms with van der Waals surface area (Å²) in [4.78, 5) is 11.7. The molecule has 0 aliphatic heterocycles. The lowest BCUT2D eigenvalue weighted by Gasteiger charge is -2.32. The average molecular weight is 200 g/mol. The second-order valence-electron chi connectivity index (χ2n) is 3.97. The van der Waals surface area contributed by atoms with Gasteiger partial charge in [-0.15, -0.1) is 0 Å². The first kappa shape index (κ1) is 13.4. The summed E-state index contributed by atoms with van der Waals surface area (Å²) in [7, 11) is 0. The van der Waals surface area contributed by atoms with Crippen LogP contribution in [0, 0.1) is 5.92 Å². The largest absolute Gasteiger partial charge is 0.350 e. The molecule has 0 bridgehead atoms. The maximum absolute atomic E-state index is 11.7. The van der Waals surface area contributed by atoms with E-state index >= 15 is 0 Å². The van der Waals surface area contributed by atoms with Crippen molar-refractivity contribution in [2.45, 2.75) is 52.5 Å². The monoisotopic (exact) mass is 200 g/mol. The number of hydrogen-bond acceptors (Lipinski definition) is 2. The number of nitrogens with one attached hydrogen (secondary N) is 1. The minimum Gasteiger partial charge on any atom is -0.350 e. The lowest BCUT2D eigenvalue weighted by Crippen LogP contribution is -2.49. The van der Waals surface area contributed by atoms with E-state index in [0.29, 0.717) is 6.54 Å². The number of nitrogens with two attached hydrogens (primary N) is 1. The first-order valence-corrected chi connectivity index (χ1v) is 5.57. The summed E-state index contributed by atoms with van der Waals surface area (Å²) in [5.74, 6) is -0.00271. The van der Waals surface area contributed by atoms with Crippen molar-refractivity contribution < 1.29 is 4.79 Å². The van der Waals surface area contributed by atoms with Crippen molar-refractivity contribution in [3.05, 3.63) is 0 Å². The smallest absolute Gasteiger partial charge is 0.224 e. The molecule has 1 amide bonds. The van der Waals surface area contributed by atoms with Gasteiger partial charge in [-0.3, -0.25) is 4.79 Å². The molecule has 1 atom stereocenters. The molecule has 1 unspecified atom stereocenters. The molecular formula is C11H24N2O. The Hall–Kier alpha value is -0.570. The Kier molecular flexibility index (Phi) is 5.77. The van der Waals surface area contributed by atoms with Gasteiger partial charge >= 0.3 is 0 Å². The second-order valence-corrected chi connectivity index (χ2v) is 3.97. The third-order valence-electron chi connectivity index (χ3n) is 3.22. The summed E-state index contributed by atoms with van der Waals surface area (Å²) < 4.78 is 0. The zero-order valence-electron chi connectivity index (χ0n) is 9.89. The van der Waals surface area contributed by atoms with Crippen molar-refractivity contribution in [1.29, 1.82) is 0 Å². The van der Waals surface area contributed by atoms with E-state index in [9.17, 15) is 4.79 Å². The minimum absolute atomic E-state index is 0.0273. The van der Waals surface area contributed by atoms with E-state index in [4.69, 9.17) is 5.73 Å². The zero-order chi connectivity index (χ0) is 11.2. The van der Waals surface area contributed by atoms with Gasteiger partial charge in [-0.25, -0.2) is 0 Å². The van der Waals surface area contributed by atoms with Crippen molar-refractivity contribution in [2.24, 2.45) is 11.7 Å². The van der Waals surface area contributed by atoms with Gasteiger partial charge in [0.25, 0.3) is 0 Å². The van der Waals surface area contributed by atoms with Crippen LogP contribution in [0.3, 0.4) is 0 Å². The molecular weight excluding hydrogens is 176 g/mol. The predicted molar refractivity (Wildman–Crippen MR) is 60.0 cm³/mol. The van der Waals surface area contributed by atoms with Gasteiger partial charge in [-0.05, 0) is 19.3 Å². The molecule has 0 spiro atoms. The van der Waals surface area contributed by atoms with Crippen molar-refractivity contribution in [1.82, 2.24) is 5.32 Å². The molecule has 0 aliphatic carbocycles. The Balaban J connectivity index is 4.37. The Labute approximate surface area is 87.4 Å². The number of amides is 1. The summed E-state index contributed by atoms with van der Waals surface area (Å²) in [6.45, 7) is 8.61. The molecule has 0 saturated carbocycles. The van der Waals surface area contributed by atoms with Gasteiger partial charge in [0.15, 0.2) is 0 Å². The highest BCUT2D eigenvalue weighted by Crippen LogP contribution is 2.19. The summed E-state index contributed by atoms with van der Waals surface area (Å²) in [5, 5.41) is 3.11. The van der Waals surface area contributed by atoms with Crippen LogP contribution in [-0.2, 0) is 4.79 Å². The average Bonchev–Trinajstić information content (AvgIpc) is 2.24. The quantitative estimate of drug-likeness (QED) is 0.685. The topological polar surface area (TPSA) is 55.1 Å². The van der Waals surface area contributed by atoms with Crippen molar-refractivity contribution >= 4 is 5.91 Å². The fraction of sp³-hybridized carbons (Fsp3) is 0.909. The fourth-order valence-electron chi connectivity index (χ4n) is 1.51. The number of carbonyl (C=O) groups is 1. The Morgan fingerprint density at radius 3 is 2.00 bits per heavy atom. The minimum atomic E-state index is -0.0842. The molecule has 0 aromatic heterocycles. The molecule has 14 heavy (non-hydrogen) atoms. The van der Waals surface area contributed by atoms with Crippen LogP contribution in [0.2, 0.25) is 0 Å². The molecule has 0 aromatic carbocycles. The van der Waals surface area contributed by atoms with Crippen LogP contribution in [-0.4, -0.2) is 18.0 Å². The molecule has 0 heterocycles. The molecule has 0 rings (SSSR count). The number of hydrogen-bond donors (Lipinski definition) is 2. The first-order valence-electron chi connectivity index (χ1n) is 5.57. The van der Waals surface area contributed by atoms with E-state index in [1.165, 1.54) is 0 Å². The summed E-state index contributed by atoms with van der Waals surface area (Å²) in [6.07, 6.45) is 2.93. The van der Waals surface area contributed by atoms with Crippen LogP contribution >= 0.6 is 0 Å². The highest BCUT2D eigenvalue weighted by atomic mass is 16.2. The van der Waals surface area contributed by atoms with E-state index in [2.05, 4.69) is 26.1 Å². The predicted octanol–water partition coefficient (Wildman–Crippen LogP) is 1.67. The summed E-state index contributed by atoms with van der Waals surface area (Å²) in [5.41, 5.74) is 5.43. The molecule has 0 fully saturated rings. The van der Waals surface area contributed by atoms with E-state index in [0.717, 1.165) is 19.3 Å². The van der Waals surface area contributed by atoms with Crippen molar-refractivity contribution in [3.63, 3.8) is 0 Å². The Morgan fingerprint density at radius 2 is 1.71 bits per heavy atom. The SMILES string of the molecule is CCC(CC)(CC)NC(=O)C(C)CN. The van der Waals surface area contributed by atoms with Crippen LogP contribution < -0.4 is 11.1 Å². The Bertz CT molecular complexity index is 168. The van der Waals surface area contributed by atoms with E-state index in [1.54, 1.807) is 0 Å². The van der Waals surface area contributed by atoms with E-state index in [1.807, 2.05) is 6.92 Å². The molecule has 0 saturated heterocycles. The van der Waals surface area contributed by atoms with Crippen LogP contribution in [0.5, 0.6) is 0 Å². The van der Waals surface area contributed by atoms with Gasteiger partial charge in [0.2, 0.25) is 5.91 Å². The molecule has 0 radical (unpaired) electrons. The van der Waals surface area contributed by atoms with Gasteiger partial charge in [-0.2, -0.15) is 0 Å². The van der Waals surface area contributed by atoms with Crippen molar-refractivity contribution in [2.75, 3.05) is 6.54 Å². The zero-order valence-corrected chi connectivity index (χ0v) is 9.89. The molecule has 0 aliphatic rings. The first-order chi connectivity index (χ1) is 6.55. The number of rotatable bonds is 6. The second kappa shape index (κ2) is 6.02. The van der Waals surface area contributed by atoms with Crippen molar-refractivity contribution in [3.8, 4) is 0 Å². The van der Waals surface area contributed by atoms with E-state index in [-0.39, 0.29) is 17.4 Å². The third kappa shape index (κ3) is 3.29. The van der Waals surface area contributed by atoms with Gasteiger partial charge in [0, 0.05) is 18.0 Å². The summed E-state index contributed by atoms with van der Waals surface area (Å²) in [6, 6.07) is 0. The van der Waals surface area contributed by atoms with Crippen LogP contribution in [0.4, 0.5) is 0 Å². The number of carbonyl (C=O) groups excluding carboxylic acids is 1. The van der Waals surface area contributed by atoms with E-state index < -0.39 is 0 Å².